The van der Waals surface area contributed by atoms with Crippen molar-refractivity contribution in [1.82, 2.24) is 0 Å². The summed E-state index contributed by atoms with van der Waals surface area (Å²) in [6.07, 6.45) is 11.1. The van der Waals surface area contributed by atoms with E-state index >= 15 is 0 Å². The second kappa shape index (κ2) is 17.7. The Morgan fingerprint density at radius 2 is 0.897 bits per heavy atom. The summed E-state index contributed by atoms with van der Waals surface area (Å²) < 4.78 is 0. The van der Waals surface area contributed by atoms with E-state index in [0.717, 1.165) is 57.8 Å². The fourth-order valence-corrected chi connectivity index (χ4v) is 3.55. The van der Waals surface area contributed by atoms with Gasteiger partial charge >= 0.3 is 11.9 Å². The summed E-state index contributed by atoms with van der Waals surface area (Å²) in [7, 11) is 0. The molecule has 0 bridgehead atoms. The lowest BCUT2D eigenvalue weighted by Gasteiger charge is -2.26. The van der Waals surface area contributed by atoms with Crippen LogP contribution in [-0.2, 0) is 9.59 Å². The monoisotopic (exact) mass is 418 g/mol. The smallest absolute Gasteiger partial charge is 0.306 e. The molecule has 2 atom stereocenters. The van der Waals surface area contributed by atoms with Crippen LogP contribution < -0.4 is 0 Å². The third-order valence-corrected chi connectivity index (χ3v) is 5.16. The summed E-state index contributed by atoms with van der Waals surface area (Å²) in [5.41, 5.74) is -1.95. The molecule has 0 aromatic carbocycles. The summed E-state index contributed by atoms with van der Waals surface area (Å²) in [6, 6.07) is 0. The van der Waals surface area contributed by atoms with Crippen molar-refractivity contribution < 1.29 is 30.0 Å². The highest BCUT2D eigenvalue weighted by Gasteiger charge is 2.29. The van der Waals surface area contributed by atoms with Crippen molar-refractivity contribution in [2.75, 3.05) is 0 Å². The molecule has 0 aliphatic rings. The van der Waals surface area contributed by atoms with Gasteiger partial charge in [0, 0.05) is 0 Å². The van der Waals surface area contributed by atoms with Crippen molar-refractivity contribution in [1.29, 1.82) is 0 Å². The van der Waals surface area contributed by atoms with Crippen LogP contribution in [0.25, 0.3) is 0 Å². The SMILES string of the molecule is CCCCCC(O)(CCC)CC(=O)O.CCCCCC(O)(CCCC)CC(=O)O. The van der Waals surface area contributed by atoms with Gasteiger partial charge in [-0.25, -0.2) is 0 Å². The standard InChI is InChI=1S/C12H24O3.C11H22O3/c1-3-5-7-9-12(15,8-6-4-2)10-11(13)14;1-3-5-6-8-11(14,7-4-2)9-10(12)13/h15H,3-10H2,1-2H3,(H,13,14);14H,3-9H2,1-2H3,(H,12,13). The van der Waals surface area contributed by atoms with Gasteiger partial charge in [-0.05, 0) is 25.7 Å². The summed E-state index contributed by atoms with van der Waals surface area (Å²) >= 11 is 0. The lowest BCUT2D eigenvalue weighted by molar-refractivity contribution is -0.144. The number of hydrogen-bond donors (Lipinski definition) is 4. The molecule has 6 heteroatoms. The zero-order valence-electron chi connectivity index (χ0n) is 19.2. The molecule has 4 N–H and O–H groups in total. The number of carboxylic acid groups (broad SMARTS) is 2. The maximum absolute atomic E-state index is 10.7. The number of carbonyl (C=O) groups is 2. The van der Waals surface area contributed by atoms with E-state index in [1.165, 1.54) is 0 Å². The largest absolute Gasteiger partial charge is 0.481 e. The highest BCUT2D eigenvalue weighted by Crippen LogP contribution is 2.26. The van der Waals surface area contributed by atoms with Crippen LogP contribution in [0.3, 0.4) is 0 Å². The van der Waals surface area contributed by atoms with Gasteiger partial charge in [0.05, 0.1) is 24.0 Å². The van der Waals surface area contributed by atoms with Gasteiger partial charge in [0.2, 0.25) is 0 Å². The molecule has 0 aliphatic carbocycles. The quantitative estimate of drug-likeness (QED) is 0.231. The summed E-state index contributed by atoms with van der Waals surface area (Å²) in [5, 5.41) is 37.6. The van der Waals surface area contributed by atoms with E-state index in [2.05, 4.69) is 13.8 Å². The summed E-state index contributed by atoms with van der Waals surface area (Å²) in [5.74, 6) is -1.80. The maximum Gasteiger partial charge on any atom is 0.306 e. The van der Waals surface area contributed by atoms with E-state index in [1.807, 2.05) is 13.8 Å². The molecule has 0 spiro atoms. The van der Waals surface area contributed by atoms with Gasteiger partial charge in [-0.1, -0.05) is 85.5 Å². The molecule has 0 saturated carbocycles. The molecule has 0 aromatic rings. The topological polar surface area (TPSA) is 115 Å². The van der Waals surface area contributed by atoms with Crippen molar-refractivity contribution in [3.63, 3.8) is 0 Å². The van der Waals surface area contributed by atoms with Crippen molar-refractivity contribution in [3.8, 4) is 0 Å². The predicted molar refractivity (Wildman–Crippen MR) is 117 cm³/mol. The van der Waals surface area contributed by atoms with E-state index in [0.29, 0.717) is 25.7 Å². The fourth-order valence-electron chi connectivity index (χ4n) is 3.55. The van der Waals surface area contributed by atoms with E-state index < -0.39 is 23.1 Å². The van der Waals surface area contributed by atoms with E-state index in [-0.39, 0.29) is 12.8 Å². The van der Waals surface area contributed by atoms with Crippen LogP contribution in [0.15, 0.2) is 0 Å². The molecule has 0 saturated heterocycles. The van der Waals surface area contributed by atoms with Gasteiger partial charge < -0.3 is 20.4 Å². The normalized spacial score (nSPS) is 15.0. The molecule has 0 heterocycles. The van der Waals surface area contributed by atoms with Crippen LogP contribution in [0.2, 0.25) is 0 Å². The average molecular weight is 419 g/mol. The Hall–Kier alpha value is -1.14. The molecule has 0 rings (SSSR count). The molecule has 0 radical (unpaired) electrons. The number of aliphatic hydroxyl groups is 2. The Labute approximate surface area is 177 Å². The molecule has 6 nitrogen and oxygen atoms in total. The first-order chi connectivity index (χ1) is 13.6. The molecule has 174 valence electrons. The van der Waals surface area contributed by atoms with Crippen molar-refractivity contribution >= 4 is 11.9 Å². The van der Waals surface area contributed by atoms with Crippen molar-refractivity contribution in [2.45, 2.75) is 135 Å². The average Bonchev–Trinajstić information content (AvgIpc) is 2.60. The second-order valence-corrected chi connectivity index (χ2v) is 8.36. The molecule has 0 amide bonds. The number of aliphatic carboxylic acids is 2. The maximum atomic E-state index is 10.7. The van der Waals surface area contributed by atoms with Crippen LogP contribution in [0.5, 0.6) is 0 Å². The second-order valence-electron chi connectivity index (χ2n) is 8.36. The number of carboxylic acids is 2. The molecular formula is C23H46O6. The zero-order valence-corrected chi connectivity index (χ0v) is 19.2. The fraction of sp³-hybridized carbons (Fsp3) is 0.913. The first kappa shape index (κ1) is 30.1. The van der Waals surface area contributed by atoms with Gasteiger partial charge in [-0.15, -0.1) is 0 Å². The highest BCUT2D eigenvalue weighted by molar-refractivity contribution is 5.68. The van der Waals surface area contributed by atoms with E-state index in [4.69, 9.17) is 10.2 Å². The van der Waals surface area contributed by atoms with Crippen LogP contribution in [-0.4, -0.2) is 43.6 Å². The minimum atomic E-state index is -0.976. The summed E-state index contributed by atoms with van der Waals surface area (Å²) in [4.78, 5) is 21.2. The Morgan fingerprint density at radius 1 is 0.552 bits per heavy atom. The Morgan fingerprint density at radius 3 is 1.21 bits per heavy atom. The molecule has 0 aromatic heterocycles. The van der Waals surface area contributed by atoms with Crippen molar-refractivity contribution in [2.24, 2.45) is 0 Å². The molecular weight excluding hydrogens is 372 g/mol. The van der Waals surface area contributed by atoms with Gasteiger partial charge in [0.1, 0.15) is 0 Å². The molecule has 29 heavy (non-hydrogen) atoms. The van der Waals surface area contributed by atoms with Gasteiger partial charge in [0.25, 0.3) is 0 Å². The highest BCUT2D eigenvalue weighted by atomic mass is 16.4. The van der Waals surface area contributed by atoms with Gasteiger partial charge in [0.15, 0.2) is 0 Å². The Bertz CT molecular complexity index is 426. The number of hydrogen-bond acceptors (Lipinski definition) is 4. The molecule has 2 unspecified atom stereocenters. The van der Waals surface area contributed by atoms with Crippen LogP contribution in [0.1, 0.15) is 124 Å². The van der Waals surface area contributed by atoms with Crippen molar-refractivity contribution in [3.05, 3.63) is 0 Å². The Kier molecular flexibility index (Phi) is 18.3. The number of unbranched alkanes of at least 4 members (excludes halogenated alkanes) is 5. The zero-order chi connectivity index (χ0) is 22.8. The lowest BCUT2D eigenvalue weighted by atomic mass is 9.87. The first-order valence-corrected chi connectivity index (χ1v) is 11.5. The van der Waals surface area contributed by atoms with Crippen LogP contribution in [0.4, 0.5) is 0 Å². The predicted octanol–water partition coefficient (Wildman–Crippen LogP) is 5.54. The van der Waals surface area contributed by atoms with E-state index in [9.17, 15) is 19.8 Å². The number of rotatable bonds is 17. The van der Waals surface area contributed by atoms with Gasteiger partial charge in [-0.2, -0.15) is 0 Å². The third kappa shape index (κ3) is 18.6. The third-order valence-electron chi connectivity index (χ3n) is 5.16. The minimum Gasteiger partial charge on any atom is -0.481 e. The first-order valence-electron chi connectivity index (χ1n) is 11.5. The summed E-state index contributed by atoms with van der Waals surface area (Å²) in [6.45, 7) is 8.21. The van der Waals surface area contributed by atoms with Crippen LogP contribution in [0, 0.1) is 0 Å². The van der Waals surface area contributed by atoms with E-state index in [1.54, 1.807) is 0 Å². The minimum absolute atomic E-state index is 0.114. The van der Waals surface area contributed by atoms with Crippen LogP contribution >= 0.6 is 0 Å². The molecule has 0 aliphatic heterocycles. The van der Waals surface area contributed by atoms with Gasteiger partial charge in [-0.3, -0.25) is 9.59 Å². The Balaban J connectivity index is 0. The molecule has 0 fully saturated rings. The lowest BCUT2D eigenvalue weighted by Crippen LogP contribution is -2.31.